The molecule has 1 heterocycles. The highest BCUT2D eigenvalue weighted by atomic mass is 16.3. The summed E-state index contributed by atoms with van der Waals surface area (Å²) in [6.45, 7) is 10.0. The first-order valence-electron chi connectivity index (χ1n) is 14.1. The van der Waals surface area contributed by atoms with Crippen LogP contribution in [0.1, 0.15) is 27.2 Å². The van der Waals surface area contributed by atoms with Crippen LogP contribution in [0.3, 0.4) is 0 Å². The molecule has 0 bridgehead atoms. The van der Waals surface area contributed by atoms with Crippen molar-refractivity contribution in [2.24, 2.45) is 10.2 Å². The van der Waals surface area contributed by atoms with Gasteiger partial charge >= 0.3 is 0 Å². The van der Waals surface area contributed by atoms with E-state index in [-0.39, 0.29) is 6.61 Å². The summed E-state index contributed by atoms with van der Waals surface area (Å²) in [5.41, 5.74) is 8.73. The van der Waals surface area contributed by atoms with Gasteiger partial charge in [-0.3, -0.25) is 0 Å². The third-order valence-electron chi connectivity index (χ3n) is 7.14. The van der Waals surface area contributed by atoms with E-state index in [4.69, 9.17) is 4.98 Å². The minimum absolute atomic E-state index is 0.132. The number of fused-ring (bicyclic) bond motifs is 2. The van der Waals surface area contributed by atoms with Gasteiger partial charge in [0.15, 0.2) is 0 Å². The molecule has 0 aliphatic carbocycles. The van der Waals surface area contributed by atoms with Crippen LogP contribution >= 0.6 is 0 Å². The topological polar surface area (TPSA) is 68.2 Å². The zero-order valence-corrected chi connectivity index (χ0v) is 23.5. The van der Waals surface area contributed by atoms with Crippen LogP contribution in [0.25, 0.3) is 27.8 Å². The Hall–Kier alpha value is -4.36. The summed E-state index contributed by atoms with van der Waals surface area (Å²) in [6, 6.07) is 30.9. The first-order chi connectivity index (χ1) is 19.6. The van der Waals surface area contributed by atoms with Crippen molar-refractivity contribution in [1.82, 2.24) is 4.98 Å². The first-order valence-corrected chi connectivity index (χ1v) is 14.1. The molecule has 0 saturated carbocycles. The third kappa shape index (κ3) is 5.80. The highest BCUT2D eigenvalue weighted by Crippen LogP contribution is 2.27. The van der Waals surface area contributed by atoms with Crippen molar-refractivity contribution in [3.8, 4) is 5.69 Å². The average Bonchev–Trinajstić information content (AvgIpc) is 3.00. The molecular weight excluding hydrogens is 496 g/mol. The van der Waals surface area contributed by atoms with Crippen LogP contribution < -0.4 is 14.4 Å². The number of aliphatic hydroxyl groups is 1. The van der Waals surface area contributed by atoms with Crippen LogP contribution in [-0.2, 0) is 0 Å². The zero-order chi connectivity index (χ0) is 27.9. The maximum absolute atomic E-state index is 9.39. The summed E-state index contributed by atoms with van der Waals surface area (Å²) < 4.78 is 2.27. The fraction of sp³-hybridized carbons (Fsp3) is 0.273. The predicted octanol–water partition coefficient (Wildman–Crippen LogP) is 7.14. The number of hydrogen-bond donors (Lipinski definition) is 1. The van der Waals surface area contributed by atoms with Gasteiger partial charge < -0.3 is 14.9 Å². The van der Waals surface area contributed by atoms with E-state index in [1.165, 1.54) is 5.69 Å². The SMILES string of the molecule is CCCN(CCO)c1ccc(/N=N/c2ccc3nc4ccc(N(CC)CC)cc4[n+](-c4ccccc4)c3c2)cc1. The molecule has 1 N–H and O–H groups in total. The first kappa shape index (κ1) is 27.2. The lowest BCUT2D eigenvalue weighted by molar-refractivity contribution is -0.538. The van der Waals surface area contributed by atoms with Crippen molar-refractivity contribution < 1.29 is 9.67 Å². The van der Waals surface area contributed by atoms with Crippen molar-refractivity contribution in [1.29, 1.82) is 0 Å². The molecule has 1 aromatic heterocycles. The largest absolute Gasteiger partial charge is 0.395 e. The Kier molecular flexibility index (Phi) is 8.62. The number of azo groups is 1. The van der Waals surface area contributed by atoms with Gasteiger partial charge in [-0.05, 0) is 68.8 Å². The van der Waals surface area contributed by atoms with Gasteiger partial charge in [0.25, 0.3) is 0 Å². The molecule has 5 aromatic rings. The summed E-state index contributed by atoms with van der Waals surface area (Å²) in [4.78, 5) is 9.52. The molecule has 7 heteroatoms. The summed E-state index contributed by atoms with van der Waals surface area (Å²) >= 11 is 0. The van der Waals surface area contributed by atoms with Crippen LogP contribution in [0.4, 0.5) is 22.7 Å². The molecule has 5 rings (SSSR count). The molecule has 7 nitrogen and oxygen atoms in total. The van der Waals surface area contributed by atoms with E-state index in [0.717, 1.165) is 70.9 Å². The molecule has 0 unspecified atom stereocenters. The standard InChI is InChI=1S/C33H37N6O/c1-4-20-38(21-22-40)27-15-12-25(13-16-27)35-36-26-14-18-30-32(23-26)39(28-10-8-7-9-11-28)33-24-29(37(5-2)6-3)17-19-31(33)34-30/h7-19,23-24,40H,4-6,20-22H2,1-3H3/q+1. The Bertz CT molecular complexity index is 1590. The number of aromatic nitrogens is 2. The fourth-order valence-corrected chi connectivity index (χ4v) is 5.14. The van der Waals surface area contributed by atoms with Crippen LogP contribution in [-0.4, -0.2) is 42.9 Å². The Morgan fingerprint density at radius 3 is 1.98 bits per heavy atom. The molecule has 0 spiro atoms. The minimum atomic E-state index is 0.132. The van der Waals surface area contributed by atoms with E-state index in [9.17, 15) is 5.11 Å². The van der Waals surface area contributed by atoms with Crippen molar-refractivity contribution >= 4 is 44.8 Å². The quantitative estimate of drug-likeness (QED) is 0.111. The smallest absolute Gasteiger partial charge is 0.239 e. The molecule has 4 aromatic carbocycles. The molecule has 0 aliphatic rings. The van der Waals surface area contributed by atoms with E-state index in [2.05, 4.69) is 93.9 Å². The Balaban J connectivity index is 1.56. The number of rotatable bonds is 11. The maximum atomic E-state index is 9.39. The van der Waals surface area contributed by atoms with Crippen LogP contribution in [0, 0.1) is 0 Å². The fourth-order valence-electron chi connectivity index (χ4n) is 5.14. The number of benzene rings is 4. The predicted molar refractivity (Wildman–Crippen MR) is 165 cm³/mol. The molecule has 0 radical (unpaired) electrons. The lowest BCUT2D eigenvalue weighted by Gasteiger charge is -2.23. The van der Waals surface area contributed by atoms with Crippen LogP contribution in [0.15, 0.2) is 101 Å². The van der Waals surface area contributed by atoms with Crippen LogP contribution in [0.2, 0.25) is 0 Å². The Labute approximate surface area is 236 Å². The molecule has 204 valence electrons. The van der Waals surface area contributed by atoms with Gasteiger partial charge in [-0.2, -0.15) is 10.2 Å². The van der Waals surface area contributed by atoms with E-state index < -0.39 is 0 Å². The summed E-state index contributed by atoms with van der Waals surface area (Å²) in [5.74, 6) is 0. The number of para-hydroxylation sites is 1. The normalized spacial score (nSPS) is 11.5. The van der Waals surface area contributed by atoms with E-state index in [0.29, 0.717) is 6.54 Å². The van der Waals surface area contributed by atoms with E-state index >= 15 is 0 Å². The van der Waals surface area contributed by atoms with Gasteiger partial charge in [0.2, 0.25) is 16.7 Å². The molecule has 0 saturated heterocycles. The van der Waals surface area contributed by atoms with Crippen molar-refractivity contribution in [3.05, 3.63) is 91.0 Å². The van der Waals surface area contributed by atoms with Gasteiger partial charge in [-0.25, -0.2) is 4.98 Å². The zero-order valence-electron chi connectivity index (χ0n) is 23.5. The number of aliphatic hydroxyl groups excluding tert-OH is 1. The van der Waals surface area contributed by atoms with Crippen LogP contribution in [0.5, 0.6) is 0 Å². The highest BCUT2D eigenvalue weighted by Gasteiger charge is 2.21. The number of anilines is 2. The average molecular weight is 534 g/mol. The van der Waals surface area contributed by atoms with Crippen molar-refractivity contribution in [2.45, 2.75) is 27.2 Å². The second kappa shape index (κ2) is 12.7. The summed E-state index contributed by atoms with van der Waals surface area (Å²) in [5, 5.41) is 18.5. The van der Waals surface area contributed by atoms with Gasteiger partial charge in [0, 0.05) is 61.8 Å². The monoisotopic (exact) mass is 533 g/mol. The van der Waals surface area contributed by atoms with Gasteiger partial charge in [-0.1, -0.05) is 25.1 Å². The van der Waals surface area contributed by atoms with Crippen molar-refractivity contribution in [2.75, 3.05) is 42.6 Å². The van der Waals surface area contributed by atoms with E-state index in [1.54, 1.807) is 0 Å². The molecular formula is C33H37N6O+. The number of hydrogen-bond acceptors (Lipinski definition) is 6. The molecule has 0 fully saturated rings. The third-order valence-corrected chi connectivity index (χ3v) is 7.14. The van der Waals surface area contributed by atoms with E-state index in [1.807, 2.05) is 42.5 Å². The van der Waals surface area contributed by atoms with Gasteiger partial charge in [0.05, 0.1) is 18.0 Å². The molecule has 40 heavy (non-hydrogen) atoms. The minimum Gasteiger partial charge on any atom is -0.395 e. The maximum Gasteiger partial charge on any atom is 0.239 e. The summed E-state index contributed by atoms with van der Waals surface area (Å²) in [6.07, 6.45) is 1.02. The Morgan fingerprint density at radius 2 is 1.30 bits per heavy atom. The van der Waals surface area contributed by atoms with Gasteiger partial charge in [0.1, 0.15) is 11.0 Å². The van der Waals surface area contributed by atoms with Crippen molar-refractivity contribution in [3.63, 3.8) is 0 Å². The second-order valence-corrected chi connectivity index (χ2v) is 9.73. The second-order valence-electron chi connectivity index (χ2n) is 9.73. The molecule has 0 aliphatic heterocycles. The van der Waals surface area contributed by atoms with Gasteiger partial charge in [-0.15, -0.1) is 4.57 Å². The molecule has 0 atom stereocenters. The molecule has 0 amide bonds. The lowest BCUT2D eigenvalue weighted by atomic mass is 10.1. The highest BCUT2D eigenvalue weighted by molar-refractivity contribution is 5.85. The lowest BCUT2D eigenvalue weighted by Crippen LogP contribution is -2.33. The summed E-state index contributed by atoms with van der Waals surface area (Å²) in [7, 11) is 0. The number of nitrogens with zero attached hydrogens (tertiary/aromatic N) is 6. The Morgan fingerprint density at radius 1 is 0.675 bits per heavy atom.